The molecule has 2 heterocycles. The van der Waals surface area contributed by atoms with Gasteiger partial charge in [-0.3, -0.25) is 4.79 Å². The molecule has 2 atom stereocenters. The molecule has 2 aromatic rings. The van der Waals surface area contributed by atoms with Gasteiger partial charge in [0.25, 0.3) is 0 Å². The molecule has 0 amide bonds. The molecule has 1 aromatic heterocycles. The van der Waals surface area contributed by atoms with E-state index in [9.17, 15) is 9.90 Å². The fraction of sp³-hybridized carbons (Fsp3) is 0.444. The molecule has 1 aromatic carbocycles. The zero-order valence-electron chi connectivity index (χ0n) is 14.4. The van der Waals surface area contributed by atoms with Crippen LogP contribution < -0.4 is 5.32 Å². The summed E-state index contributed by atoms with van der Waals surface area (Å²) in [5.74, 6) is -1.31. The monoisotopic (exact) mass is 341 g/mol. The number of aliphatic carboxylic acids is 1. The van der Waals surface area contributed by atoms with Crippen LogP contribution in [0.25, 0.3) is 5.57 Å². The minimum absolute atomic E-state index is 0.0324. The number of tetrazole rings is 1. The van der Waals surface area contributed by atoms with Gasteiger partial charge >= 0.3 is 5.97 Å². The van der Waals surface area contributed by atoms with Crippen LogP contribution in [0.1, 0.15) is 36.7 Å². The van der Waals surface area contributed by atoms with Crippen molar-refractivity contribution in [2.24, 2.45) is 11.8 Å². The van der Waals surface area contributed by atoms with Gasteiger partial charge in [0.15, 0.2) is 5.82 Å². The summed E-state index contributed by atoms with van der Waals surface area (Å²) in [5.41, 5.74) is 3.56. The molecule has 1 aliphatic rings. The van der Waals surface area contributed by atoms with E-state index in [4.69, 9.17) is 0 Å². The number of nitrogens with zero attached hydrogens (tertiary/aromatic N) is 3. The predicted molar refractivity (Wildman–Crippen MR) is 93.9 cm³/mol. The molecule has 1 unspecified atom stereocenters. The van der Waals surface area contributed by atoms with Crippen LogP contribution in [0.2, 0.25) is 0 Å². The number of carboxylic acids is 1. The van der Waals surface area contributed by atoms with Gasteiger partial charge < -0.3 is 10.4 Å². The normalized spacial score (nSPS) is 16.7. The molecule has 0 radical (unpaired) electrons. The van der Waals surface area contributed by atoms with E-state index in [1.165, 1.54) is 11.1 Å². The lowest BCUT2D eigenvalue weighted by Gasteiger charge is -2.24. The van der Waals surface area contributed by atoms with Crippen molar-refractivity contribution < 1.29 is 9.90 Å². The van der Waals surface area contributed by atoms with Gasteiger partial charge in [-0.25, -0.2) is 0 Å². The molecule has 0 saturated carbocycles. The van der Waals surface area contributed by atoms with Crippen LogP contribution in [0.5, 0.6) is 0 Å². The number of hydrogen-bond donors (Lipinski definition) is 3. The van der Waals surface area contributed by atoms with Crippen LogP contribution in [-0.2, 0) is 11.2 Å². The first-order valence-electron chi connectivity index (χ1n) is 8.51. The SMILES string of the molecule is CC(C)C(C(=O)O)[C@H](Cc1ccc(C2=CCNC2)cc1)c1nn[nH]n1. The van der Waals surface area contributed by atoms with Crippen molar-refractivity contribution in [2.45, 2.75) is 26.2 Å². The summed E-state index contributed by atoms with van der Waals surface area (Å²) in [4.78, 5) is 11.8. The molecule has 132 valence electrons. The Morgan fingerprint density at radius 2 is 2.04 bits per heavy atom. The van der Waals surface area contributed by atoms with Gasteiger partial charge in [-0.05, 0) is 29.0 Å². The van der Waals surface area contributed by atoms with E-state index in [1.54, 1.807) is 0 Å². The molecule has 3 N–H and O–H groups in total. The quantitative estimate of drug-likeness (QED) is 0.710. The van der Waals surface area contributed by atoms with Crippen molar-refractivity contribution in [3.8, 4) is 0 Å². The molecule has 1 aliphatic heterocycles. The van der Waals surface area contributed by atoms with Gasteiger partial charge in [-0.15, -0.1) is 10.2 Å². The average molecular weight is 341 g/mol. The molecule has 0 saturated heterocycles. The third-order valence-corrected chi connectivity index (χ3v) is 4.72. The number of H-pyrrole nitrogens is 1. The maximum absolute atomic E-state index is 11.8. The fourth-order valence-electron chi connectivity index (χ4n) is 3.43. The topological polar surface area (TPSA) is 104 Å². The van der Waals surface area contributed by atoms with Gasteiger partial charge in [-0.1, -0.05) is 49.4 Å². The lowest BCUT2D eigenvalue weighted by Crippen LogP contribution is -2.29. The summed E-state index contributed by atoms with van der Waals surface area (Å²) >= 11 is 0. The molecule has 25 heavy (non-hydrogen) atoms. The first-order chi connectivity index (χ1) is 12.1. The van der Waals surface area contributed by atoms with Gasteiger partial charge in [0.1, 0.15) is 0 Å². The largest absolute Gasteiger partial charge is 0.481 e. The summed E-state index contributed by atoms with van der Waals surface area (Å²) in [6, 6.07) is 8.29. The van der Waals surface area contributed by atoms with E-state index in [0.29, 0.717) is 12.2 Å². The third-order valence-electron chi connectivity index (χ3n) is 4.72. The Labute approximate surface area is 146 Å². The highest BCUT2D eigenvalue weighted by Crippen LogP contribution is 2.32. The van der Waals surface area contributed by atoms with Crippen LogP contribution in [0.4, 0.5) is 0 Å². The second-order valence-corrected chi connectivity index (χ2v) is 6.75. The number of carboxylic acid groups (broad SMARTS) is 1. The molecule has 7 nitrogen and oxygen atoms in total. The van der Waals surface area contributed by atoms with Crippen LogP contribution >= 0.6 is 0 Å². The second kappa shape index (κ2) is 7.57. The van der Waals surface area contributed by atoms with Crippen molar-refractivity contribution in [3.05, 3.63) is 47.3 Å². The number of carbonyl (C=O) groups is 1. The van der Waals surface area contributed by atoms with Crippen molar-refractivity contribution in [2.75, 3.05) is 13.1 Å². The second-order valence-electron chi connectivity index (χ2n) is 6.75. The minimum atomic E-state index is -0.830. The Morgan fingerprint density at radius 3 is 2.56 bits per heavy atom. The smallest absolute Gasteiger partial charge is 0.307 e. The number of aromatic nitrogens is 4. The van der Waals surface area contributed by atoms with Gasteiger partial charge in [0.05, 0.1) is 5.92 Å². The molecule has 0 spiro atoms. The minimum Gasteiger partial charge on any atom is -0.481 e. The van der Waals surface area contributed by atoms with E-state index in [-0.39, 0.29) is 11.8 Å². The number of aromatic amines is 1. The standard InChI is InChI=1S/C18H23N5O2/c1-11(2)16(18(24)25)15(17-20-22-23-21-17)9-12-3-5-13(6-4-12)14-7-8-19-10-14/h3-7,11,15-16,19H,8-10H2,1-2H3,(H,24,25)(H,20,21,22,23)/t15-,16?/m0/s1. The number of nitrogens with one attached hydrogen (secondary N) is 2. The zero-order chi connectivity index (χ0) is 17.8. The van der Waals surface area contributed by atoms with Gasteiger partial charge in [0, 0.05) is 19.0 Å². The van der Waals surface area contributed by atoms with Crippen molar-refractivity contribution in [3.63, 3.8) is 0 Å². The molecule has 0 aliphatic carbocycles. The Hall–Kier alpha value is -2.54. The summed E-state index contributed by atoms with van der Waals surface area (Å²) < 4.78 is 0. The highest BCUT2D eigenvalue weighted by Gasteiger charge is 2.34. The lowest BCUT2D eigenvalue weighted by molar-refractivity contribution is -0.144. The summed E-state index contributed by atoms with van der Waals surface area (Å²) in [6.45, 7) is 5.62. The predicted octanol–water partition coefficient (Wildman–Crippen LogP) is 1.87. The highest BCUT2D eigenvalue weighted by molar-refractivity contribution is 5.71. The first-order valence-corrected chi connectivity index (χ1v) is 8.51. The Bertz CT molecular complexity index is 737. The van der Waals surface area contributed by atoms with Crippen LogP contribution in [0.3, 0.4) is 0 Å². The van der Waals surface area contributed by atoms with E-state index in [2.05, 4.69) is 56.3 Å². The van der Waals surface area contributed by atoms with Crippen LogP contribution in [0, 0.1) is 11.8 Å². The third kappa shape index (κ3) is 3.93. The first kappa shape index (κ1) is 17.3. The molecule has 0 fully saturated rings. The maximum atomic E-state index is 11.8. The number of benzene rings is 1. The van der Waals surface area contributed by atoms with Crippen molar-refractivity contribution in [1.82, 2.24) is 25.9 Å². The van der Waals surface area contributed by atoms with Crippen molar-refractivity contribution in [1.29, 1.82) is 0 Å². The Kier molecular flexibility index (Phi) is 5.23. The van der Waals surface area contributed by atoms with E-state index < -0.39 is 11.9 Å². The summed E-state index contributed by atoms with van der Waals surface area (Å²) in [5, 5.41) is 27.1. The fourth-order valence-corrected chi connectivity index (χ4v) is 3.43. The van der Waals surface area contributed by atoms with E-state index >= 15 is 0 Å². The highest BCUT2D eigenvalue weighted by atomic mass is 16.4. The molecule has 0 bridgehead atoms. The van der Waals surface area contributed by atoms with E-state index in [0.717, 1.165) is 18.7 Å². The average Bonchev–Trinajstić information content (AvgIpc) is 3.28. The molecule has 3 rings (SSSR count). The van der Waals surface area contributed by atoms with Gasteiger partial charge in [0.2, 0.25) is 0 Å². The number of rotatable bonds is 7. The molecular formula is C18H23N5O2. The lowest BCUT2D eigenvalue weighted by atomic mass is 9.79. The maximum Gasteiger partial charge on any atom is 0.307 e. The summed E-state index contributed by atoms with van der Waals surface area (Å²) in [6.07, 6.45) is 2.75. The van der Waals surface area contributed by atoms with Crippen LogP contribution in [-0.4, -0.2) is 44.8 Å². The summed E-state index contributed by atoms with van der Waals surface area (Å²) in [7, 11) is 0. The molecule has 7 heteroatoms. The zero-order valence-corrected chi connectivity index (χ0v) is 14.4. The Morgan fingerprint density at radius 1 is 1.28 bits per heavy atom. The van der Waals surface area contributed by atoms with Crippen molar-refractivity contribution >= 4 is 11.5 Å². The Balaban J connectivity index is 1.83. The number of hydrogen-bond acceptors (Lipinski definition) is 5. The van der Waals surface area contributed by atoms with Gasteiger partial charge in [-0.2, -0.15) is 5.21 Å². The van der Waals surface area contributed by atoms with E-state index in [1.807, 2.05) is 13.8 Å². The van der Waals surface area contributed by atoms with Crippen LogP contribution in [0.15, 0.2) is 30.3 Å². The molecular weight excluding hydrogens is 318 g/mol.